The Morgan fingerprint density at radius 2 is 2.00 bits per heavy atom. The molecule has 1 aliphatic rings. The SMILES string of the molecule is CC1CCCCC1Oc1nccnc1Cl. The minimum Gasteiger partial charge on any atom is -0.472 e. The van der Waals surface area contributed by atoms with Gasteiger partial charge in [-0.3, -0.25) is 0 Å². The summed E-state index contributed by atoms with van der Waals surface area (Å²) in [7, 11) is 0. The molecule has 0 N–H and O–H groups in total. The van der Waals surface area contributed by atoms with Crippen molar-refractivity contribution < 1.29 is 4.74 Å². The molecule has 2 rings (SSSR count). The highest BCUT2D eigenvalue weighted by atomic mass is 35.5. The molecule has 0 saturated heterocycles. The Labute approximate surface area is 94.8 Å². The van der Waals surface area contributed by atoms with E-state index in [0.717, 1.165) is 6.42 Å². The lowest BCUT2D eigenvalue weighted by molar-refractivity contribution is 0.0972. The van der Waals surface area contributed by atoms with E-state index in [-0.39, 0.29) is 6.10 Å². The molecule has 0 bridgehead atoms. The molecule has 1 saturated carbocycles. The zero-order valence-corrected chi connectivity index (χ0v) is 9.57. The molecule has 2 atom stereocenters. The molecule has 15 heavy (non-hydrogen) atoms. The van der Waals surface area contributed by atoms with Crippen LogP contribution in [-0.4, -0.2) is 16.1 Å². The van der Waals surface area contributed by atoms with E-state index in [9.17, 15) is 0 Å². The Kier molecular flexibility index (Phi) is 3.41. The fourth-order valence-corrected chi connectivity index (χ4v) is 2.14. The predicted octanol–water partition coefficient (Wildman–Crippen LogP) is 3.09. The Morgan fingerprint density at radius 3 is 2.73 bits per heavy atom. The lowest BCUT2D eigenvalue weighted by Gasteiger charge is -2.28. The Hall–Kier alpha value is -0.830. The first-order valence-electron chi connectivity index (χ1n) is 5.40. The molecule has 2 unspecified atom stereocenters. The number of rotatable bonds is 2. The maximum atomic E-state index is 5.89. The number of ether oxygens (including phenoxy) is 1. The van der Waals surface area contributed by atoms with Crippen LogP contribution in [0.2, 0.25) is 5.15 Å². The van der Waals surface area contributed by atoms with Gasteiger partial charge in [0.25, 0.3) is 5.88 Å². The van der Waals surface area contributed by atoms with Crippen LogP contribution in [0.1, 0.15) is 32.6 Å². The summed E-state index contributed by atoms with van der Waals surface area (Å²) < 4.78 is 5.79. The monoisotopic (exact) mass is 226 g/mol. The molecule has 0 radical (unpaired) electrons. The normalized spacial score (nSPS) is 26.3. The number of nitrogens with zero attached hydrogens (tertiary/aromatic N) is 2. The Balaban J connectivity index is 2.04. The van der Waals surface area contributed by atoms with Crippen LogP contribution in [0.25, 0.3) is 0 Å². The fourth-order valence-electron chi connectivity index (χ4n) is 1.99. The predicted molar refractivity (Wildman–Crippen MR) is 59.1 cm³/mol. The summed E-state index contributed by atoms with van der Waals surface area (Å²) in [6, 6.07) is 0. The van der Waals surface area contributed by atoms with Crippen molar-refractivity contribution in [2.75, 3.05) is 0 Å². The third kappa shape index (κ3) is 2.59. The molecule has 1 fully saturated rings. The summed E-state index contributed by atoms with van der Waals surface area (Å²) >= 11 is 5.89. The van der Waals surface area contributed by atoms with Crippen LogP contribution in [0, 0.1) is 5.92 Å². The van der Waals surface area contributed by atoms with Crippen molar-refractivity contribution in [2.24, 2.45) is 5.92 Å². The summed E-state index contributed by atoms with van der Waals surface area (Å²) in [5.74, 6) is 1.05. The van der Waals surface area contributed by atoms with Gasteiger partial charge in [0.05, 0.1) is 0 Å². The van der Waals surface area contributed by atoms with Gasteiger partial charge in [-0.15, -0.1) is 0 Å². The van der Waals surface area contributed by atoms with Crippen molar-refractivity contribution in [2.45, 2.75) is 38.7 Å². The fraction of sp³-hybridized carbons (Fsp3) is 0.636. The van der Waals surface area contributed by atoms with Gasteiger partial charge in [0.1, 0.15) is 6.10 Å². The van der Waals surface area contributed by atoms with E-state index in [0.29, 0.717) is 17.0 Å². The molecular weight excluding hydrogens is 212 g/mol. The zero-order valence-electron chi connectivity index (χ0n) is 8.82. The molecule has 1 heterocycles. The van der Waals surface area contributed by atoms with E-state index in [4.69, 9.17) is 16.3 Å². The molecule has 0 amide bonds. The van der Waals surface area contributed by atoms with Crippen LogP contribution >= 0.6 is 11.6 Å². The average Bonchev–Trinajstić information content (AvgIpc) is 2.24. The van der Waals surface area contributed by atoms with Gasteiger partial charge in [0, 0.05) is 12.4 Å². The highest BCUT2D eigenvalue weighted by Crippen LogP contribution is 2.29. The van der Waals surface area contributed by atoms with Crippen LogP contribution in [0.3, 0.4) is 0 Å². The summed E-state index contributed by atoms with van der Waals surface area (Å²) in [5, 5.41) is 0.357. The molecule has 0 aromatic carbocycles. The largest absolute Gasteiger partial charge is 0.472 e. The molecule has 1 aromatic heterocycles. The smallest absolute Gasteiger partial charge is 0.252 e. The molecule has 1 aliphatic carbocycles. The van der Waals surface area contributed by atoms with E-state index in [1.54, 1.807) is 12.4 Å². The van der Waals surface area contributed by atoms with Crippen molar-refractivity contribution in [3.63, 3.8) is 0 Å². The van der Waals surface area contributed by atoms with Crippen LogP contribution < -0.4 is 4.74 Å². The minimum absolute atomic E-state index is 0.243. The van der Waals surface area contributed by atoms with Crippen LogP contribution in [0.15, 0.2) is 12.4 Å². The number of hydrogen-bond acceptors (Lipinski definition) is 3. The summed E-state index contributed by atoms with van der Waals surface area (Å²) in [6.45, 7) is 2.22. The second-order valence-corrected chi connectivity index (χ2v) is 4.43. The van der Waals surface area contributed by atoms with E-state index >= 15 is 0 Å². The van der Waals surface area contributed by atoms with Crippen LogP contribution in [-0.2, 0) is 0 Å². The quantitative estimate of drug-likeness (QED) is 0.778. The number of hydrogen-bond donors (Lipinski definition) is 0. The van der Waals surface area contributed by atoms with Gasteiger partial charge in [-0.2, -0.15) is 0 Å². The lowest BCUT2D eigenvalue weighted by Crippen LogP contribution is -2.28. The topological polar surface area (TPSA) is 35.0 Å². The maximum Gasteiger partial charge on any atom is 0.252 e. The van der Waals surface area contributed by atoms with Crippen molar-refractivity contribution >= 4 is 11.6 Å². The van der Waals surface area contributed by atoms with Crippen molar-refractivity contribution in [1.29, 1.82) is 0 Å². The molecule has 4 heteroatoms. The van der Waals surface area contributed by atoms with Crippen molar-refractivity contribution in [3.8, 4) is 5.88 Å². The lowest BCUT2D eigenvalue weighted by atomic mass is 9.88. The van der Waals surface area contributed by atoms with Gasteiger partial charge in [0.2, 0.25) is 0 Å². The maximum absolute atomic E-state index is 5.89. The van der Waals surface area contributed by atoms with Gasteiger partial charge in [-0.05, 0) is 25.2 Å². The van der Waals surface area contributed by atoms with Gasteiger partial charge >= 0.3 is 0 Å². The minimum atomic E-state index is 0.243. The molecule has 0 aliphatic heterocycles. The summed E-state index contributed by atoms with van der Waals surface area (Å²) in [5.41, 5.74) is 0. The summed E-state index contributed by atoms with van der Waals surface area (Å²) in [6.07, 6.45) is 8.26. The van der Waals surface area contributed by atoms with Crippen molar-refractivity contribution in [3.05, 3.63) is 17.5 Å². The number of halogens is 1. The zero-order chi connectivity index (χ0) is 10.7. The molecule has 3 nitrogen and oxygen atoms in total. The van der Waals surface area contributed by atoms with Crippen LogP contribution in [0.5, 0.6) is 5.88 Å². The second-order valence-electron chi connectivity index (χ2n) is 4.07. The first kappa shape index (κ1) is 10.7. The van der Waals surface area contributed by atoms with E-state index in [1.165, 1.54) is 19.3 Å². The van der Waals surface area contributed by atoms with Gasteiger partial charge in [-0.1, -0.05) is 24.9 Å². The van der Waals surface area contributed by atoms with Gasteiger partial charge < -0.3 is 4.74 Å². The molecule has 82 valence electrons. The average molecular weight is 227 g/mol. The third-order valence-electron chi connectivity index (χ3n) is 2.92. The summed E-state index contributed by atoms with van der Waals surface area (Å²) in [4.78, 5) is 8.04. The second kappa shape index (κ2) is 4.79. The Morgan fingerprint density at radius 1 is 1.27 bits per heavy atom. The molecule has 1 aromatic rings. The van der Waals surface area contributed by atoms with Gasteiger partial charge in [0.15, 0.2) is 5.15 Å². The van der Waals surface area contributed by atoms with E-state index in [1.807, 2.05) is 0 Å². The third-order valence-corrected chi connectivity index (χ3v) is 3.18. The van der Waals surface area contributed by atoms with E-state index in [2.05, 4.69) is 16.9 Å². The van der Waals surface area contributed by atoms with Crippen molar-refractivity contribution in [1.82, 2.24) is 9.97 Å². The van der Waals surface area contributed by atoms with E-state index < -0.39 is 0 Å². The number of aromatic nitrogens is 2. The molecular formula is C11H15ClN2O. The standard InChI is InChI=1S/C11H15ClN2O/c1-8-4-2-3-5-9(8)15-11-10(12)13-6-7-14-11/h6-9H,2-5H2,1H3. The highest BCUT2D eigenvalue weighted by molar-refractivity contribution is 6.30. The van der Waals surface area contributed by atoms with Gasteiger partial charge in [-0.25, -0.2) is 9.97 Å². The van der Waals surface area contributed by atoms with Crippen LogP contribution in [0.4, 0.5) is 0 Å². The first-order valence-corrected chi connectivity index (χ1v) is 5.78. The Bertz CT molecular complexity index is 332. The highest BCUT2D eigenvalue weighted by Gasteiger charge is 2.24. The first-order chi connectivity index (χ1) is 7.27. The molecule has 0 spiro atoms.